The van der Waals surface area contributed by atoms with Crippen molar-refractivity contribution in [3.63, 3.8) is 0 Å². The third kappa shape index (κ3) is 4.43. The zero-order chi connectivity index (χ0) is 19.3. The van der Waals surface area contributed by atoms with E-state index >= 15 is 0 Å². The molecule has 1 atom stereocenters. The van der Waals surface area contributed by atoms with Crippen molar-refractivity contribution < 1.29 is 9.50 Å². The van der Waals surface area contributed by atoms with Crippen molar-refractivity contribution in [3.05, 3.63) is 83.6 Å². The predicted molar refractivity (Wildman–Crippen MR) is 107 cm³/mol. The zero-order valence-electron chi connectivity index (χ0n) is 15.8. The molecule has 1 aliphatic rings. The van der Waals surface area contributed by atoms with Gasteiger partial charge in [0.15, 0.2) is 0 Å². The first-order valence-corrected chi connectivity index (χ1v) is 9.70. The zero-order valence-corrected chi connectivity index (χ0v) is 15.8. The lowest BCUT2D eigenvalue weighted by Gasteiger charge is -2.32. The fourth-order valence-electron chi connectivity index (χ4n) is 3.79. The SMILES string of the molecule is OCc1ccc(-c2cncc(C3CCCN(Cc4ccc(F)cc4)C3)n2)cc1. The number of aromatic nitrogens is 2. The number of hydrogen-bond donors (Lipinski definition) is 1. The maximum atomic E-state index is 13.1. The summed E-state index contributed by atoms with van der Waals surface area (Å²) in [7, 11) is 0. The van der Waals surface area contributed by atoms with Gasteiger partial charge in [-0.1, -0.05) is 36.4 Å². The van der Waals surface area contributed by atoms with Crippen molar-refractivity contribution in [2.24, 2.45) is 0 Å². The van der Waals surface area contributed by atoms with E-state index in [2.05, 4.69) is 9.88 Å². The Labute approximate surface area is 164 Å². The third-order valence-electron chi connectivity index (χ3n) is 5.33. The summed E-state index contributed by atoms with van der Waals surface area (Å²) in [4.78, 5) is 11.7. The number of likely N-dealkylation sites (tertiary alicyclic amines) is 1. The topological polar surface area (TPSA) is 49.3 Å². The molecular weight excluding hydrogens is 353 g/mol. The molecule has 4 nitrogen and oxygen atoms in total. The molecule has 4 rings (SSSR count). The van der Waals surface area contributed by atoms with Crippen LogP contribution in [0.5, 0.6) is 0 Å². The third-order valence-corrected chi connectivity index (χ3v) is 5.33. The molecule has 2 heterocycles. The van der Waals surface area contributed by atoms with E-state index in [1.165, 1.54) is 12.1 Å². The Morgan fingerprint density at radius 3 is 2.50 bits per heavy atom. The van der Waals surface area contributed by atoms with Crippen molar-refractivity contribution in [2.75, 3.05) is 13.1 Å². The molecule has 1 aromatic heterocycles. The number of piperidine rings is 1. The second-order valence-electron chi connectivity index (χ2n) is 7.38. The molecule has 2 aromatic carbocycles. The molecular formula is C23H24FN3O. The van der Waals surface area contributed by atoms with Crippen molar-refractivity contribution in [1.29, 1.82) is 0 Å². The van der Waals surface area contributed by atoms with Gasteiger partial charge in [-0.05, 0) is 42.6 Å². The average molecular weight is 377 g/mol. The first-order valence-electron chi connectivity index (χ1n) is 9.70. The summed E-state index contributed by atoms with van der Waals surface area (Å²) >= 11 is 0. The predicted octanol–water partition coefficient (Wildman–Crippen LogP) is 4.15. The van der Waals surface area contributed by atoms with Crippen molar-refractivity contribution in [2.45, 2.75) is 31.9 Å². The minimum absolute atomic E-state index is 0.0396. The van der Waals surface area contributed by atoms with Crippen LogP contribution in [0.3, 0.4) is 0 Å². The summed E-state index contributed by atoms with van der Waals surface area (Å²) in [5, 5.41) is 9.21. The molecule has 1 saturated heterocycles. The maximum Gasteiger partial charge on any atom is 0.123 e. The fraction of sp³-hybridized carbons (Fsp3) is 0.304. The quantitative estimate of drug-likeness (QED) is 0.726. The lowest BCUT2D eigenvalue weighted by Crippen LogP contribution is -2.34. The second kappa shape index (κ2) is 8.59. The van der Waals surface area contributed by atoms with Crippen LogP contribution in [-0.4, -0.2) is 33.1 Å². The van der Waals surface area contributed by atoms with Gasteiger partial charge in [0.25, 0.3) is 0 Å². The van der Waals surface area contributed by atoms with Gasteiger partial charge < -0.3 is 5.11 Å². The van der Waals surface area contributed by atoms with E-state index in [0.29, 0.717) is 5.92 Å². The van der Waals surface area contributed by atoms with Crippen molar-refractivity contribution in [3.8, 4) is 11.3 Å². The second-order valence-corrected chi connectivity index (χ2v) is 7.38. The van der Waals surface area contributed by atoms with Crippen LogP contribution < -0.4 is 0 Å². The summed E-state index contributed by atoms with van der Waals surface area (Å²) in [6, 6.07) is 14.5. The molecule has 0 saturated carbocycles. The molecule has 0 spiro atoms. The first kappa shape index (κ1) is 18.7. The largest absolute Gasteiger partial charge is 0.392 e. The fourth-order valence-corrected chi connectivity index (χ4v) is 3.79. The lowest BCUT2D eigenvalue weighted by molar-refractivity contribution is 0.198. The van der Waals surface area contributed by atoms with Crippen LogP contribution in [0, 0.1) is 5.82 Å². The first-order chi connectivity index (χ1) is 13.7. The van der Waals surface area contributed by atoms with Gasteiger partial charge in [-0.15, -0.1) is 0 Å². The van der Waals surface area contributed by atoms with Gasteiger partial charge in [0, 0.05) is 30.8 Å². The number of rotatable bonds is 5. The van der Waals surface area contributed by atoms with Gasteiger partial charge >= 0.3 is 0 Å². The Morgan fingerprint density at radius 1 is 1.00 bits per heavy atom. The lowest BCUT2D eigenvalue weighted by atomic mass is 9.94. The highest BCUT2D eigenvalue weighted by Gasteiger charge is 2.23. The standard InChI is InChI=1S/C23H24FN3O/c24-21-9-5-17(6-10-21)14-27-11-1-2-20(15-27)23-13-25-12-22(26-23)19-7-3-18(16-28)4-8-19/h3-10,12-13,20,28H,1-2,11,14-16H2. The molecule has 1 fully saturated rings. The Hall–Kier alpha value is -2.63. The van der Waals surface area contributed by atoms with Crippen LogP contribution in [-0.2, 0) is 13.2 Å². The Bertz CT molecular complexity index is 912. The van der Waals surface area contributed by atoms with Crippen LogP contribution in [0.15, 0.2) is 60.9 Å². The number of aliphatic hydroxyl groups excluding tert-OH is 1. The van der Waals surface area contributed by atoms with E-state index in [1.54, 1.807) is 6.20 Å². The maximum absolute atomic E-state index is 13.1. The van der Waals surface area contributed by atoms with Gasteiger partial charge in [0.05, 0.1) is 24.2 Å². The molecule has 1 unspecified atom stereocenters. The summed E-state index contributed by atoms with van der Waals surface area (Å²) in [5.74, 6) is 0.151. The number of aliphatic hydroxyl groups is 1. The van der Waals surface area contributed by atoms with E-state index in [-0.39, 0.29) is 12.4 Å². The molecule has 0 radical (unpaired) electrons. The monoisotopic (exact) mass is 377 g/mol. The van der Waals surface area contributed by atoms with Gasteiger partial charge in [0.1, 0.15) is 5.82 Å². The molecule has 0 aliphatic carbocycles. The molecule has 5 heteroatoms. The Morgan fingerprint density at radius 2 is 1.75 bits per heavy atom. The van der Waals surface area contributed by atoms with E-state index in [1.807, 2.05) is 42.6 Å². The molecule has 1 N–H and O–H groups in total. The van der Waals surface area contributed by atoms with Crippen LogP contribution >= 0.6 is 0 Å². The molecule has 0 bridgehead atoms. The van der Waals surface area contributed by atoms with Gasteiger partial charge in [-0.2, -0.15) is 0 Å². The van der Waals surface area contributed by atoms with Gasteiger partial charge in [-0.25, -0.2) is 9.37 Å². The van der Waals surface area contributed by atoms with Crippen LogP contribution in [0.25, 0.3) is 11.3 Å². The number of benzene rings is 2. The summed E-state index contributed by atoms with van der Waals surface area (Å²) in [5.41, 5.74) is 4.90. The molecule has 1 aliphatic heterocycles. The number of halogens is 1. The minimum atomic E-state index is -0.195. The Kier molecular flexibility index (Phi) is 5.74. The van der Waals surface area contributed by atoms with E-state index in [9.17, 15) is 9.50 Å². The minimum Gasteiger partial charge on any atom is -0.392 e. The highest BCUT2D eigenvalue weighted by Crippen LogP contribution is 2.28. The van der Waals surface area contributed by atoms with E-state index in [0.717, 1.165) is 60.6 Å². The summed E-state index contributed by atoms with van der Waals surface area (Å²) in [6.07, 6.45) is 5.87. The molecule has 0 amide bonds. The molecule has 144 valence electrons. The smallest absolute Gasteiger partial charge is 0.123 e. The van der Waals surface area contributed by atoms with Crippen molar-refractivity contribution >= 4 is 0 Å². The van der Waals surface area contributed by atoms with Gasteiger partial charge in [-0.3, -0.25) is 9.88 Å². The molecule has 28 heavy (non-hydrogen) atoms. The number of nitrogens with zero attached hydrogens (tertiary/aromatic N) is 3. The normalized spacial score (nSPS) is 17.6. The highest BCUT2D eigenvalue weighted by atomic mass is 19.1. The molecule has 3 aromatic rings. The average Bonchev–Trinajstić information content (AvgIpc) is 2.76. The number of hydrogen-bond acceptors (Lipinski definition) is 4. The summed E-state index contributed by atoms with van der Waals surface area (Å²) in [6.45, 7) is 2.84. The van der Waals surface area contributed by atoms with Crippen LogP contribution in [0.2, 0.25) is 0 Å². The van der Waals surface area contributed by atoms with Crippen molar-refractivity contribution in [1.82, 2.24) is 14.9 Å². The van der Waals surface area contributed by atoms with Gasteiger partial charge in [0.2, 0.25) is 0 Å². The van der Waals surface area contributed by atoms with E-state index < -0.39 is 0 Å². The Balaban J connectivity index is 1.47. The van der Waals surface area contributed by atoms with E-state index in [4.69, 9.17) is 4.98 Å². The summed E-state index contributed by atoms with van der Waals surface area (Å²) < 4.78 is 13.1. The van der Waals surface area contributed by atoms with Crippen LogP contribution in [0.1, 0.15) is 35.6 Å². The highest BCUT2D eigenvalue weighted by molar-refractivity contribution is 5.58. The van der Waals surface area contributed by atoms with Crippen LogP contribution in [0.4, 0.5) is 4.39 Å².